The Labute approximate surface area is 116 Å². The standard InChI is InChI=1S/C12H17N7O/c1-18(2)11-6-10(14-8-15-11)13-7-12(20)16-9-4-5-19(3)17-9/h4-6,8H,7H2,1-3H3,(H,13,14,15)(H,16,17,20). The van der Waals surface area contributed by atoms with Crippen LogP contribution in [0.5, 0.6) is 0 Å². The highest BCUT2D eigenvalue weighted by Crippen LogP contribution is 2.10. The lowest BCUT2D eigenvalue weighted by Crippen LogP contribution is -2.22. The molecule has 2 aromatic heterocycles. The smallest absolute Gasteiger partial charge is 0.244 e. The van der Waals surface area contributed by atoms with Crippen molar-refractivity contribution in [3.63, 3.8) is 0 Å². The molecule has 0 aromatic carbocycles. The highest BCUT2D eigenvalue weighted by molar-refractivity contribution is 5.92. The Bertz CT molecular complexity index is 593. The molecule has 0 atom stereocenters. The number of hydrogen-bond donors (Lipinski definition) is 2. The lowest BCUT2D eigenvalue weighted by Gasteiger charge is -2.12. The van der Waals surface area contributed by atoms with E-state index < -0.39 is 0 Å². The van der Waals surface area contributed by atoms with Crippen molar-refractivity contribution < 1.29 is 4.79 Å². The Kier molecular flexibility index (Phi) is 4.14. The van der Waals surface area contributed by atoms with Crippen molar-refractivity contribution in [3.05, 3.63) is 24.7 Å². The molecule has 8 heteroatoms. The Hall–Kier alpha value is -2.64. The number of nitrogens with one attached hydrogen (secondary N) is 2. The van der Waals surface area contributed by atoms with E-state index in [1.165, 1.54) is 6.33 Å². The summed E-state index contributed by atoms with van der Waals surface area (Å²) in [6.07, 6.45) is 3.21. The van der Waals surface area contributed by atoms with Gasteiger partial charge in [0.25, 0.3) is 0 Å². The fourth-order valence-electron chi connectivity index (χ4n) is 1.53. The topological polar surface area (TPSA) is 88.0 Å². The molecule has 0 spiro atoms. The van der Waals surface area contributed by atoms with E-state index in [-0.39, 0.29) is 12.5 Å². The van der Waals surface area contributed by atoms with Crippen LogP contribution in [0.3, 0.4) is 0 Å². The van der Waals surface area contributed by atoms with E-state index in [0.717, 1.165) is 5.82 Å². The van der Waals surface area contributed by atoms with Crippen LogP contribution in [-0.4, -0.2) is 46.3 Å². The summed E-state index contributed by atoms with van der Waals surface area (Å²) in [5.74, 6) is 1.71. The van der Waals surface area contributed by atoms with Crippen LogP contribution >= 0.6 is 0 Å². The third-order valence-corrected chi connectivity index (χ3v) is 2.52. The summed E-state index contributed by atoms with van der Waals surface area (Å²) in [6, 6.07) is 3.50. The predicted octanol–water partition coefficient (Wildman–Crippen LogP) is 0.327. The third kappa shape index (κ3) is 3.67. The van der Waals surface area contributed by atoms with Gasteiger partial charge < -0.3 is 15.5 Å². The molecule has 8 nitrogen and oxygen atoms in total. The van der Waals surface area contributed by atoms with Crippen molar-refractivity contribution in [3.8, 4) is 0 Å². The Balaban J connectivity index is 1.88. The zero-order chi connectivity index (χ0) is 14.5. The Morgan fingerprint density at radius 3 is 2.80 bits per heavy atom. The van der Waals surface area contributed by atoms with Gasteiger partial charge in [0.15, 0.2) is 5.82 Å². The number of aromatic nitrogens is 4. The second-order valence-corrected chi connectivity index (χ2v) is 4.43. The second-order valence-electron chi connectivity index (χ2n) is 4.43. The summed E-state index contributed by atoms with van der Waals surface area (Å²) in [6.45, 7) is 0.112. The van der Waals surface area contributed by atoms with Gasteiger partial charge in [-0.25, -0.2) is 9.97 Å². The van der Waals surface area contributed by atoms with Gasteiger partial charge in [-0.15, -0.1) is 0 Å². The number of hydrogen-bond acceptors (Lipinski definition) is 6. The van der Waals surface area contributed by atoms with Gasteiger partial charge in [0.1, 0.15) is 18.0 Å². The van der Waals surface area contributed by atoms with E-state index in [2.05, 4.69) is 25.7 Å². The molecule has 0 aliphatic carbocycles. The van der Waals surface area contributed by atoms with Gasteiger partial charge in [0, 0.05) is 39.5 Å². The van der Waals surface area contributed by atoms with E-state index in [1.807, 2.05) is 19.0 Å². The summed E-state index contributed by atoms with van der Waals surface area (Å²) >= 11 is 0. The minimum Gasteiger partial charge on any atom is -0.363 e. The molecule has 2 N–H and O–H groups in total. The molecule has 0 saturated carbocycles. The van der Waals surface area contributed by atoms with Crippen LogP contribution < -0.4 is 15.5 Å². The lowest BCUT2D eigenvalue weighted by molar-refractivity contribution is -0.114. The molecule has 0 saturated heterocycles. The molecule has 0 aliphatic heterocycles. The van der Waals surface area contributed by atoms with Gasteiger partial charge >= 0.3 is 0 Å². The van der Waals surface area contributed by atoms with E-state index in [9.17, 15) is 4.79 Å². The first-order valence-corrected chi connectivity index (χ1v) is 6.07. The zero-order valence-electron chi connectivity index (χ0n) is 11.7. The Morgan fingerprint density at radius 1 is 1.35 bits per heavy atom. The van der Waals surface area contributed by atoms with Crippen LogP contribution in [0.25, 0.3) is 0 Å². The molecular formula is C12H17N7O. The minimum absolute atomic E-state index is 0.112. The summed E-state index contributed by atoms with van der Waals surface area (Å²) in [7, 11) is 5.57. The summed E-state index contributed by atoms with van der Waals surface area (Å²) in [4.78, 5) is 21.8. The SMILES string of the molecule is CN(C)c1cc(NCC(=O)Nc2ccn(C)n2)ncn1. The summed E-state index contributed by atoms with van der Waals surface area (Å²) in [5.41, 5.74) is 0. The van der Waals surface area contributed by atoms with Crippen LogP contribution in [-0.2, 0) is 11.8 Å². The van der Waals surface area contributed by atoms with Gasteiger partial charge in [0.2, 0.25) is 5.91 Å². The molecule has 0 fully saturated rings. The maximum atomic E-state index is 11.7. The maximum absolute atomic E-state index is 11.7. The van der Waals surface area contributed by atoms with Crippen molar-refractivity contribution in [2.24, 2.45) is 7.05 Å². The number of nitrogens with zero attached hydrogens (tertiary/aromatic N) is 5. The fourth-order valence-corrected chi connectivity index (χ4v) is 1.53. The molecule has 0 aliphatic rings. The van der Waals surface area contributed by atoms with Crippen LogP contribution in [0.15, 0.2) is 24.7 Å². The van der Waals surface area contributed by atoms with Gasteiger partial charge in [0.05, 0.1) is 6.54 Å². The second kappa shape index (κ2) is 6.00. The average molecular weight is 275 g/mol. The Morgan fingerprint density at radius 2 is 2.15 bits per heavy atom. The largest absolute Gasteiger partial charge is 0.363 e. The van der Waals surface area contributed by atoms with Crippen LogP contribution in [0.1, 0.15) is 0 Å². The van der Waals surface area contributed by atoms with Crippen molar-refractivity contribution >= 4 is 23.4 Å². The molecular weight excluding hydrogens is 258 g/mol. The number of amides is 1. The highest BCUT2D eigenvalue weighted by atomic mass is 16.2. The first kappa shape index (κ1) is 13.8. The number of rotatable bonds is 5. The van der Waals surface area contributed by atoms with Gasteiger partial charge in [-0.3, -0.25) is 9.48 Å². The summed E-state index contributed by atoms with van der Waals surface area (Å²) < 4.78 is 1.62. The zero-order valence-corrected chi connectivity index (χ0v) is 11.7. The normalized spacial score (nSPS) is 10.2. The highest BCUT2D eigenvalue weighted by Gasteiger charge is 2.06. The molecule has 1 amide bonds. The van der Waals surface area contributed by atoms with Gasteiger partial charge in [-0.05, 0) is 0 Å². The van der Waals surface area contributed by atoms with Crippen molar-refractivity contribution in [1.82, 2.24) is 19.7 Å². The van der Waals surface area contributed by atoms with Gasteiger partial charge in [-0.2, -0.15) is 5.10 Å². The predicted molar refractivity (Wildman–Crippen MR) is 76.7 cm³/mol. The molecule has 0 radical (unpaired) electrons. The molecule has 2 heterocycles. The van der Waals surface area contributed by atoms with Crippen molar-refractivity contribution in [2.75, 3.05) is 36.2 Å². The van der Waals surface area contributed by atoms with Gasteiger partial charge in [-0.1, -0.05) is 0 Å². The molecule has 20 heavy (non-hydrogen) atoms. The monoisotopic (exact) mass is 275 g/mol. The van der Waals surface area contributed by atoms with Crippen LogP contribution in [0.4, 0.5) is 17.5 Å². The van der Waals surface area contributed by atoms with E-state index in [4.69, 9.17) is 0 Å². The molecule has 106 valence electrons. The fraction of sp³-hybridized carbons (Fsp3) is 0.333. The van der Waals surface area contributed by atoms with Crippen LogP contribution in [0, 0.1) is 0 Å². The molecule has 0 bridgehead atoms. The molecule has 0 unspecified atom stereocenters. The quantitative estimate of drug-likeness (QED) is 0.817. The minimum atomic E-state index is -0.186. The number of aryl methyl sites for hydroxylation is 1. The summed E-state index contributed by atoms with van der Waals surface area (Å²) in [5, 5.41) is 9.69. The third-order valence-electron chi connectivity index (χ3n) is 2.52. The van der Waals surface area contributed by atoms with E-state index in [1.54, 1.807) is 30.1 Å². The average Bonchev–Trinajstić information content (AvgIpc) is 2.82. The number of carbonyl (C=O) groups excluding carboxylic acids is 1. The van der Waals surface area contributed by atoms with Crippen LogP contribution in [0.2, 0.25) is 0 Å². The maximum Gasteiger partial charge on any atom is 0.244 e. The van der Waals surface area contributed by atoms with Crippen molar-refractivity contribution in [1.29, 1.82) is 0 Å². The number of carbonyl (C=O) groups is 1. The van der Waals surface area contributed by atoms with Crippen molar-refractivity contribution in [2.45, 2.75) is 0 Å². The first-order chi connectivity index (χ1) is 9.54. The molecule has 2 aromatic rings. The van der Waals surface area contributed by atoms with E-state index >= 15 is 0 Å². The molecule has 2 rings (SSSR count). The van der Waals surface area contributed by atoms with E-state index in [0.29, 0.717) is 11.6 Å². The lowest BCUT2D eigenvalue weighted by atomic mass is 10.4. The first-order valence-electron chi connectivity index (χ1n) is 6.07. The number of anilines is 3.